The van der Waals surface area contributed by atoms with E-state index >= 15 is 0 Å². The van der Waals surface area contributed by atoms with Gasteiger partial charge >= 0.3 is 0 Å². The van der Waals surface area contributed by atoms with E-state index in [9.17, 15) is 9.59 Å². The molecule has 0 aliphatic rings. The minimum absolute atomic E-state index is 0.0147. The maximum absolute atomic E-state index is 12.9. The zero-order valence-electron chi connectivity index (χ0n) is 19.7. The molecule has 3 N–H and O–H groups in total. The van der Waals surface area contributed by atoms with E-state index in [-0.39, 0.29) is 17.2 Å². The number of rotatable bonds is 6. The van der Waals surface area contributed by atoms with Gasteiger partial charge in [0.1, 0.15) is 11.4 Å². The third-order valence-corrected chi connectivity index (χ3v) is 5.68. The fourth-order valence-corrected chi connectivity index (χ4v) is 3.70. The number of para-hydroxylation sites is 1. The van der Waals surface area contributed by atoms with Crippen LogP contribution in [0.4, 0.5) is 5.69 Å². The number of amides is 2. The summed E-state index contributed by atoms with van der Waals surface area (Å²) in [7, 11) is 1.60. The van der Waals surface area contributed by atoms with E-state index in [1.165, 1.54) is 0 Å². The third kappa shape index (κ3) is 4.93. The van der Waals surface area contributed by atoms with E-state index in [0.29, 0.717) is 40.1 Å². The van der Waals surface area contributed by atoms with Gasteiger partial charge in [0.2, 0.25) is 0 Å². The smallest absolute Gasteiger partial charge is 0.255 e. The number of carbonyl (C=O) groups excluding carboxylic acids is 2. The Hall–Kier alpha value is -4.13. The minimum atomic E-state index is -0.250. The molecule has 7 nitrogen and oxygen atoms in total. The number of H-pyrrole nitrogens is 1. The number of nitrogens with zero attached hydrogens (tertiary/aromatic N) is 1. The van der Waals surface area contributed by atoms with Crippen molar-refractivity contribution in [2.45, 2.75) is 32.7 Å². The first-order valence-corrected chi connectivity index (χ1v) is 11.1. The molecule has 7 heteroatoms. The van der Waals surface area contributed by atoms with E-state index in [0.717, 1.165) is 11.1 Å². The molecule has 2 aromatic carbocycles. The summed E-state index contributed by atoms with van der Waals surface area (Å²) in [4.78, 5) is 33.0. The molecular weight excluding hydrogens is 428 g/mol. The van der Waals surface area contributed by atoms with Crippen molar-refractivity contribution in [2.75, 3.05) is 12.4 Å². The van der Waals surface area contributed by atoms with Crippen molar-refractivity contribution >= 4 is 28.5 Å². The van der Waals surface area contributed by atoms with Crippen molar-refractivity contribution < 1.29 is 14.3 Å². The number of hydrogen-bond donors (Lipinski definition) is 3. The Morgan fingerprint density at radius 1 is 1.03 bits per heavy atom. The van der Waals surface area contributed by atoms with Gasteiger partial charge in [0.15, 0.2) is 0 Å². The number of anilines is 1. The zero-order chi connectivity index (χ0) is 24.3. The van der Waals surface area contributed by atoms with Gasteiger partial charge in [-0.25, -0.2) is 4.98 Å². The van der Waals surface area contributed by atoms with Crippen LogP contribution in [0.25, 0.3) is 11.0 Å². The van der Waals surface area contributed by atoms with Crippen LogP contribution in [0.2, 0.25) is 0 Å². The van der Waals surface area contributed by atoms with Crippen molar-refractivity contribution in [3.8, 4) is 5.75 Å². The Morgan fingerprint density at radius 3 is 2.47 bits per heavy atom. The van der Waals surface area contributed by atoms with Gasteiger partial charge in [0.05, 0.1) is 24.6 Å². The second-order valence-electron chi connectivity index (χ2n) is 9.10. The van der Waals surface area contributed by atoms with Crippen molar-refractivity contribution in [1.82, 2.24) is 15.3 Å². The highest BCUT2D eigenvalue weighted by molar-refractivity contribution is 6.08. The first-order valence-electron chi connectivity index (χ1n) is 11.1. The number of hydrogen-bond acceptors (Lipinski definition) is 4. The highest BCUT2D eigenvalue weighted by Gasteiger charge is 2.16. The lowest BCUT2D eigenvalue weighted by molar-refractivity contribution is 0.0951. The van der Waals surface area contributed by atoms with Crippen LogP contribution in [-0.2, 0) is 12.0 Å². The SMILES string of the molecule is COc1ccccc1CNC(=O)c1c[nH]c2ncc(NC(=O)c3ccc(C(C)(C)C)cc3)cc12. The van der Waals surface area contributed by atoms with Gasteiger partial charge in [-0.1, -0.05) is 51.1 Å². The summed E-state index contributed by atoms with van der Waals surface area (Å²) in [5, 5.41) is 6.41. The molecule has 0 aliphatic heterocycles. The summed E-state index contributed by atoms with van der Waals surface area (Å²) < 4.78 is 5.34. The molecule has 0 atom stereocenters. The van der Waals surface area contributed by atoms with Gasteiger partial charge in [-0.3, -0.25) is 9.59 Å². The molecule has 2 amide bonds. The van der Waals surface area contributed by atoms with Crippen molar-refractivity contribution in [1.29, 1.82) is 0 Å². The first-order chi connectivity index (χ1) is 16.3. The monoisotopic (exact) mass is 456 g/mol. The summed E-state index contributed by atoms with van der Waals surface area (Å²) in [6.07, 6.45) is 3.18. The van der Waals surface area contributed by atoms with E-state index in [4.69, 9.17) is 4.74 Å². The Bertz CT molecular complexity index is 1330. The van der Waals surface area contributed by atoms with E-state index in [1.807, 2.05) is 48.5 Å². The number of aromatic nitrogens is 2. The van der Waals surface area contributed by atoms with Gasteiger partial charge in [-0.2, -0.15) is 0 Å². The zero-order valence-corrected chi connectivity index (χ0v) is 19.7. The number of methoxy groups -OCH3 is 1. The Labute approximate surface area is 198 Å². The Morgan fingerprint density at radius 2 is 1.76 bits per heavy atom. The molecule has 0 spiro atoms. The van der Waals surface area contributed by atoms with Crippen LogP contribution < -0.4 is 15.4 Å². The number of nitrogens with one attached hydrogen (secondary N) is 3. The predicted molar refractivity (Wildman–Crippen MR) is 133 cm³/mol. The van der Waals surface area contributed by atoms with Crippen LogP contribution in [0.3, 0.4) is 0 Å². The standard InChI is InChI=1S/C27H28N4O3/c1-27(2,3)19-11-9-17(10-12-19)25(32)31-20-13-21-22(16-29-24(21)28-15-20)26(33)30-14-18-7-5-6-8-23(18)34-4/h5-13,15-16H,14H2,1-4H3,(H,28,29)(H,30,33)(H,31,32). The molecule has 0 bridgehead atoms. The quantitative estimate of drug-likeness (QED) is 0.378. The summed E-state index contributed by atoms with van der Waals surface area (Å²) in [6.45, 7) is 6.71. The molecular formula is C27H28N4O3. The minimum Gasteiger partial charge on any atom is -0.496 e. The van der Waals surface area contributed by atoms with Gasteiger partial charge in [-0.05, 0) is 35.2 Å². The van der Waals surface area contributed by atoms with Crippen molar-refractivity contribution in [2.24, 2.45) is 0 Å². The third-order valence-electron chi connectivity index (χ3n) is 5.68. The highest BCUT2D eigenvalue weighted by atomic mass is 16.5. The summed E-state index contributed by atoms with van der Waals surface area (Å²) in [5.41, 5.74) is 4.12. The van der Waals surface area contributed by atoms with Gasteiger partial charge < -0.3 is 20.4 Å². The maximum atomic E-state index is 12.9. The molecule has 4 aromatic rings. The van der Waals surface area contributed by atoms with Crippen LogP contribution >= 0.6 is 0 Å². The predicted octanol–water partition coefficient (Wildman–Crippen LogP) is 5.05. The lowest BCUT2D eigenvalue weighted by Gasteiger charge is -2.19. The number of aromatic amines is 1. The lowest BCUT2D eigenvalue weighted by Crippen LogP contribution is -2.22. The van der Waals surface area contributed by atoms with Crippen LogP contribution in [0, 0.1) is 0 Å². The van der Waals surface area contributed by atoms with Gasteiger partial charge in [0, 0.05) is 29.3 Å². The lowest BCUT2D eigenvalue weighted by atomic mass is 9.87. The maximum Gasteiger partial charge on any atom is 0.255 e. The Balaban J connectivity index is 1.49. The fourth-order valence-electron chi connectivity index (χ4n) is 3.70. The van der Waals surface area contributed by atoms with Crippen molar-refractivity contribution in [3.63, 3.8) is 0 Å². The molecule has 4 rings (SSSR count). The topological polar surface area (TPSA) is 96.1 Å². The summed E-state index contributed by atoms with van der Waals surface area (Å²) in [6, 6.07) is 16.8. The summed E-state index contributed by atoms with van der Waals surface area (Å²) >= 11 is 0. The molecule has 2 heterocycles. The first kappa shape index (κ1) is 23.0. The second-order valence-corrected chi connectivity index (χ2v) is 9.10. The number of carbonyl (C=O) groups is 2. The molecule has 2 aromatic heterocycles. The molecule has 34 heavy (non-hydrogen) atoms. The highest BCUT2D eigenvalue weighted by Crippen LogP contribution is 2.24. The number of benzene rings is 2. The molecule has 174 valence electrons. The van der Waals surface area contributed by atoms with Gasteiger partial charge in [0.25, 0.3) is 11.8 Å². The number of pyridine rings is 1. The molecule has 0 saturated carbocycles. The Kier molecular flexibility index (Phi) is 6.36. The van der Waals surface area contributed by atoms with Crippen LogP contribution in [0.5, 0.6) is 5.75 Å². The fraction of sp³-hybridized carbons (Fsp3) is 0.222. The van der Waals surface area contributed by atoms with Crippen LogP contribution in [0.15, 0.2) is 67.0 Å². The molecule has 0 unspecified atom stereocenters. The largest absolute Gasteiger partial charge is 0.496 e. The van der Waals surface area contributed by atoms with Crippen molar-refractivity contribution in [3.05, 3.63) is 89.2 Å². The van der Waals surface area contributed by atoms with E-state index in [1.54, 1.807) is 25.6 Å². The van der Waals surface area contributed by atoms with Crippen LogP contribution in [0.1, 0.15) is 52.6 Å². The van der Waals surface area contributed by atoms with Gasteiger partial charge in [-0.15, -0.1) is 0 Å². The molecule has 0 aliphatic carbocycles. The second kappa shape index (κ2) is 9.39. The average molecular weight is 457 g/mol. The van der Waals surface area contributed by atoms with E-state index in [2.05, 4.69) is 41.4 Å². The average Bonchev–Trinajstić information content (AvgIpc) is 3.25. The normalized spacial score (nSPS) is 11.3. The van der Waals surface area contributed by atoms with Crippen LogP contribution in [-0.4, -0.2) is 28.9 Å². The molecule has 0 radical (unpaired) electrons. The summed E-state index contributed by atoms with van der Waals surface area (Å²) in [5.74, 6) is 0.225. The molecule has 0 fully saturated rings. The molecule has 0 saturated heterocycles. The number of fused-ring (bicyclic) bond motifs is 1. The van der Waals surface area contributed by atoms with E-state index < -0.39 is 0 Å². The number of ether oxygens (including phenoxy) is 1.